The molecule has 28 heavy (non-hydrogen) atoms. The molecular formula is C21H36FIN4O. The largest absolute Gasteiger partial charge is 0.378 e. The Bertz CT molecular complexity index is 592. The van der Waals surface area contributed by atoms with Gasteiger partial charge in [-0.05, 0) is 51.1 Å². The van der Waals surface area contributed by atoms with Gasteiger partial charge in [0.25, 0.3) is 0 Å². The summed E-state index contributed by atoms with van der Waals surface area (Å²) in [5.41, 5.74) is 1.75. The molecule has 0 saturated heterocycles. The predicted octanol–water partition coefficient (Wildman–Crippen LogP) is 3.91. The third-order valence-electron chi connectivity index (χ3n) is 4.80. The minimum Gasteiger partial charge on any atom is -0.378 e. The van der Waals surface area contributed by atoms with Gasteiger partial charge in [-0.1, -0.05) is 25.3 Å². The highest BCUT2D eigenvalue weighted by atomic mass is 127. The van der Waals surface area contributed by atoms with Gasteiger partial charge in [-0.15, -0.1) is 24.0 Å². The Hall–Kier alpha value is -0.930. The van der Waals surface area contributed by atoms with E-state index in [0.29, 0.717) is 24.8 Å². The highest BCUT2D eigenvalue weighted by molar-refractivity contribution is 14.0. The smallest absolute Gasteiger partial charge is 0.191 e. The molecule has 0 aromatic heterocycles. The van der Waals surface area contributed by atoms with Crippen LogP contribution in [0.15, 0.2) is 23.2 Å². The van der Waals surface area contributed by atoms with Gasteiger partial charge >= 0.3 is 0 Å². The summed E-state index contributed by atoms with van der Waals surface area (Å²) < 4.78 is 19.8. The van der Waals surface area contributed by atoms with Crippen molar-refractivity contribution in [1.82, 2.24) is 15.5 Å². The maximum absolute atomic E-state index is 13.9. The minimum atomic E-state index is -0.159. The third kappa shape index (κ3) is 9.52. The van der Waals surface area contributed by atoms with E-state index in [-0.39, 0.29) is 29.8 Å². The maximum Gasteiger partial charge on any atom is 0.191 e. The summed E-state index contributed by atoms with van der Waals surface area (Å²) in [7, 11) is 5.64. The van der Waals surface area contributed by atoms with Gasteiger partial charge in [0.05, 0.1) is 6.10 Å². The van der Waals surface area contributed by atoms with Crippen molar-refractivity contribution in [3.63, 3.8) is 0 Å². The van der Waals surface area contributed by atoms with Crippen LogP contribution in [0.4, 0.5) is 4.39 Å². The monoisotopic (exact) mass is 506 g/mol. The molecule has 0 bridgehead atoms. The van der Waals surface area contributed by atoms with Crippen LogP contribution in [0.25, 0.3) is 0 Å². The highest BCUT2D eigenvalue weighted by Crippen LogP contribution is 2.20. The van der Waals surface area contributed by atoms with E-state index < -0.39 is 0 Å². The zero-order valence-corrected chi connectivity index (χ0v) is 19.8. The van der Waals surface area contributed by atoms with Crippen LogP contribution in [-0.4, -0.2) is 51.3 Å². The molecule has 0 heterocycles. The quantitative estimate of drug-likeness (QED) is 0.231. The molecule has 2 rings (SSSR count). The summed E-state index contributed by atoms with van der Waals surface area (Å²) in [4.78, 5) is 6.21. The number of benzene rings is 1. The van der Waals surface area contributed by atoms with Crippen LogP contribution in [-0.2, 0) is 17.8 Å². The van der Waals surface area contributed by atoms with E-state index in [9.17, 15) is 4.39 Å². The molecule has 0 atom stereocenters. The molecule has 1 aliphatic rings. The third-order valence-corrected chi connectivity index (χ3v) is 4.80. The second kappa shape index (κ2) is 14.1. The van der Waals surface area contributed by atoms with Gasteiger partial charge in [-0.3, -0.25) is 4.99 Å². The van der Waals surface area contributed by atoms with E-state index in [4.69, 9.17) is 4.74 Å². The Morgan fingerprint density at radius 1 is 1.21 bits per heavy atom. The van der Waals surface area contributed by atoms with E-state index in [2.05, 4.69) is 15.6 Å². The number of rotatable bonds is 9. The lowest BCUT2D eigenvalue weighted by molar-refractivity contribution is 0.0277. The van der Waals surface area contributed by atoms with Gasteiger partial charge in [0.15, 0.2) is 5.96 Å². The summed E-state index contributed by atoms with van der Waals surface area (Å²) in [5, 5.41) is 6.60. The first-order valence-corrected chi connectivity index (χ1v) is 10.1. The molecule has 2 N–H and O–H groups in total. The number of hydrogen-bond acceptors (Lipinski definition) is 3. The van der Waals surface area contributed by atoms with Crippen molar-refractivity contribution in [3.05, 3.63) is 35.1 Å². The van der Waals surface area contributed by atoms with E-state index in [0.717, 1.165) is 31.1 Å². The van der Waals surface area contributed by atoms with Crippen LogP contribution in [0.5, 0.6) is 0 Å². The SMILES string of the molecule is CN=C(NCCCOC1CCCCC1)NCc1ccc(F)c(CN(C)C)c1.I. The summed E-state index contributed by atoms with van der Waals surface area (Å²) >= 11 is 0. The fourth-order valence-electron chi connectivity index (χ4n) is 3.37. The Balaban J connectivity index is 0.00000392. The van der Waals surface area contributed by atoms with Crippen molar-refractivity contribution in [3.8, 4) is 0 Å². The molecule has 160 valence electrons. The molecule has 1 fully saturated rings. The molecule has 1 aromatic rings. The Morgan fingerprint density at radius 2 is 1.96 bits per heavy atom. The standard InChI is InChI=1S/C21H35FN4O.HI/c1-23-21(24-12-7-13-27-19-8-5-4-6-9-19)25-15-17-10-11-20(22)18(14-17)16-26(2)3;/h10-11,14,19H,4-9,12-13,15-16H2,1-3H3,(H2,23,24,25);1H. The minimum absolute atomic E-state index is 0. The lowest BCUT2D eigenvalue weighted by atomic mass is 9.98. The summed E-state index contributed by atoms with van der Waals surface area (Å²) in [6.07, 6.45) is 7.81. The summed E-state index contributed by atoms with van der Waals surface area (Å²) in [6, 6.07) is 5.26. The number of nitrogens with zero attached hydrogens (tertiary/aromatic N) is 2. The number of ether oxygens (including phenoxy) is 1. The first-order chi connectivity index (χ1) is 13.1. The molecule has 5 nitrogen and oxygen atoms in total. The normalized spacial score (nSPS) is 15.4. The van der Waals surface area contributed by atoms with E-state index in [1.165, 1.54) is 38.2 Å². The van der Waals surface area contributed by atoms with Crippen LogP contribution >= 0.6 is 24.0 Å². The molecule has 1 saturated carbocycles. The molecular weight excluding hydrogens is 470 g/mol. The van der Waals surface area contributed by atoms with Crippen LogP contribution < -0.4 is 10.6 Å². The fourth-order valence-corrected chi connectivity index (χ4v) is 3.37. The van der Waals surface area contributed by atoms with Crippen LogP contribution in [0.3, 0.4) is 0 Å². The maximum atomic E-state index is 13.9. The fraction of sp³-hybridized carbons (Fsp3) is 0.667. The lowest BCUT2D eigenvalue weighted by Gasteiger charge is -2.22. The topological polar surface area (TPSA) is 48.9 Å². The zero-order chi connectivity index (χ0) is 19.5. The van der Waals surface area contributed by atoms with Crippen molar-refractivity contribution >= 4 is 29.9 Å². The predicted molar refractivity (Wildman–Crippen MR) is 125 cm³/mol. The van der Waals surface area contributed by atoms with E-state index in [1.54, 1.807) is 7.05 Å². The van der Waals surface area contributed by atoms with Gasteiger partial charge in [0.2, 0.25) is 0 Å². The van der Waals surface area contributed by atoms with E-state index in [1.807, 2.05) is 31.1 Å². The summed E-state index contributed by atoms with van der Waals surface area (Å²) in [5.74, 6) is 0.596. The van der Waals surface area contributed by atoms with Gasteiger partial charge in [-0.2, -0.15) is 0 Å². The average molecular weight is 506 g/mol. The lowest BCUT2D eigenvalue weighted by Crippen LogP contribution is -2.37. The molecule has 0 aliphatic heterocycles. The Labute approximate surface area is 186 Å². The van der Waals surface area contributed by atoms with E-state index >= 15 is 0 Å². The highest BCUT2D eigenvalue weighted by Gasteiger charge is 2.13. The molecule has 0 unspecified atom stereocenters. The van der Waals surface area contributed by atoms with Crippen LogP contribution in [0, 0.1) is 5.82 Å². The number of nitrogens with one attached hydrogen (secondary N) is 2. The van der Waals surface area contributed by atoms with Crippen molar-refractivity contribution in [1.29, 1.82) is 0 Å². The Morgan fingerprint density at radius 3 is 2.64 bits per heavy atom. The van der Waals surface area contributed by atoms with Crippen LogP contribution in [0.2, 0.25) is 0 Å². The van der Waals surface area contributed by atoms with Crippen molar-refractivity contribution in [2.75, 3.05) is 34.3 Å². The van der Waals surface area contributed by atoms with Crippen LogP contribution in [0.1, 0.15) is 49.7 Å². The Kier molecular flexibility index (Phi) is 12.7. The van der Waals surface area contributed by atoms with Crippen molar-refractivity contribution in [2.24, 2.45) is 4.99 Å². The molecule has 0 amide bonds. The molecule has 1 aromatic carbocycles. The number of aliphatic imine (C=N–C) groups is 1. The molecule has 0 radical (unpaired) electrons. The molecule has 0 spiro atoms. The summed E-state index contributed by atoms with van der Waals surface area (Å²) in [6.45, 7) is 2.81. The molecule has 1 aliphatic carbocycles. The zero-order valence-electron chi connectivity index (χ0n) is 17.5. The first-order valence-electron chi connectivity index (χ1n) is 10.1. The number of halogens is 2. The van der Waals surface area contributed by atoms with Crippen molar-refractivity contribution < 1.29 is 9.13 Å². The second-order valence-corrected chi connectivity index (χ2v) is 7.50. The van der Waals surface area contributed by atoms with Gasteiger partial charge < -0.3 is 20.3 Å². The number of hydrogen-bond donors (Lipinski definition) is 2. The average Bonchev–Trinajstić information content (AvgIpc) is 2.66. The van der Waals surface area contributed by atoms with Gasteiger partial charge in [0.1, 0.15) is 5.82 Å². The number of guanidine groups is 1. The van der Waals surface area contributed by atoms with Gasteiger partial charge in [0, 0.05) is 38.9 Å². The van der Waals surface area contributed by atoms with Gasteiger partial charge in [-0.25, -0.2) is 4.39 Å². The molecule has 7 heteroatoms. The first kappa shape index (κ1) is 25.1. The second-order valence-electron chi connectivity index (χ2n) is 7.50. The van der Waals surface area contributed by atoms with Crippen molar-refractivity contribution in [2.45, 2.75) is 57.7 Å².